The van der Waals surface area contributed by atoms with Crippen molar-refractivity contribution in [2.45, 2.75) is 64.5 Å². The molecule has 0 radical (unpaired) electrons. The van der Waals surface area contributed by atoms with Crippen LogP contribution in [0.15, 0.2) is 5.38 Å². The molecular weight excluding hydrogens is 216 g/mol. The van der Waals surface area contributed by atoms with E-state index < -0.39 is 0 Å². The Morgan fingerprint density at radius 2 is 1.88 bits per heavy atom. The van der Waals surface area contributed by atoms with E-state index >= 15 is 0 Å². The van der Waals surface area contributed by atoms with E-state index in [9.17, 15) is 0 Å². The van der Waals surface area contributed by atoms with Crippen LogP contribution in [0.1, 0.15) is 58.2 Å². The second kappa shape index (κ2) is 3.81. The van der Waals surface area contributed by atoms with Crippen LogP contribution >= 0.6 is 11.3 Å². The van der Waals surface area contributed by atoms with Crippen molar-refractivity contribution in [3.05, 3.63) is 16.1 Å². The van der Waals surface area contributed by atoms with E-state index in [1.165, 1.54) is 23.5 Å². The van der Waals surface area contributed by atoms with Gasteiger partial charge in [-0.2, -0.15) is 0 Å². The van der Waals surface area contributed by atoms with Gasteiger partial charge in [-0.1, -0.05) is 20.8 Å². The lowest BCUT2D eigenvalue weighted by atomic mass is 9.93. The van der Waals surface area contributed by atoms with Crippen LogP contribution in [0, 0.1) is 0 Å². The normalized spacial score (nSPS) is 17.8. The number of nitrogens with zero attached hydrogens (tertiary/aromatic N) is 1. The zero-order valence-corrected chi connectivity index (χ0v) is 11.7. The minimum absolute atomic E-state index is 0.0231. The predicted octanol–water partition coefficient (Wildman–Crippen LogP) is 3.43. The third kappa shape index (κ3) is 2.64. The van der Waals surface area contributed by atoms with Gasteiger partial charge in [0.25, 0.3) is 0 Å². The largest absolute Gasteiger partial charge is 0.303 e. The van der Waals surface area contributed by atoms with Gasteiger partial charge in [0.05, 0.1) is 11.2 Å². The van der Waals surface area contributed by atoms with Crippen molar-refractivity contribution in [2.75, 3.05) is 0 Å². The van der Waals surface area contributed by atoms with Crippen LogP contribution < -0.4 is 5.32 Å². The molecule has 1 aromatic rings. The van der Waals surface area contributed by atoms with Gasteiger partial charge in [0.1, 0.15) is 5.01 Å². The fourth-order valence-corrected chi connectivity index (χ4v) is 2.84. The van der Waals surface area contributed by atoms with Gasteiger partial charge < -0.3 is 5.32 Å². The highest BCUT2D eigenvalue weighted by atomic mass is 32.1. The Morgan fingerprint density at radius 3 is 2.31 bits per heavy atom. The summed E-state index contributed by atoms with van der Waals surface area (Å²) in [6, 6.07) is 0.719. The summed E-state index contributed by atoms with van der Waals surface area (Å²) in [4.78, 5) is 4.79. The molecule has 1 aromatic heterocycles. The zero-order chi connectivity index (χ0) is 12.0. The SMILES string of the molecule is CC(C)(C)c1csc(C(C)(C)NC2CC2)n1. The summed E-state index contributed by atoms with van der Waals surface area (Å²) in [5.41, 5.74) is 1.39. The molecule has 0 spiro atoms. The van der Waals surface area contributed by atoms with Crippen LogP contribution in [0.5, 0.6) is 0 Å². The third-order valence-electron chi connectivity index (χ3n) is 2.95. The highest BCUT2D eigenvalue weighted by Crippen LogP contribution is 2.32. The second-order valence-corrected chi connectivity index (χ2v) is 7.19. The lowest BCUT2D eigenvalue weighted by molar-refractivity contribution is 0.395. The zero-order valence-electron chi connectivity index (χ0n) is 10.9. The van der Waals surface area contributed by atoms with Gasteiger partial charge in [0, 0.05) is 16.8 Å². The maximum absolute atomic E-state index is 4.79. The Hall–Kier alpha value is -0.410. The number of thiazole rings is 1. The Bertz CT molecular complexity index is 370. The Kier molecular flexibility index (Phi) is 2.87. The fraction of sp³-hybridized carbons (Fsp3) is 0.769. The van der Waals surface area contributed by atoms with Crippen molar-refractivity contribution in [3.63, 3.8) is 0 Å². The first-order valence-corrected chi connectivity index (χ1v) is 6.91. The highest BCUT2D eigenvalue weighted by Gasteiger charge is 2.32. The van der Waals surface area contributed by atoms with E-state index in [4.69, 9.17) is 4.98 Å². The molecule has 1 saturated carbocycles. The molecule has 0 saturated heterocycles. The molecule has 1 fully saturated rings. The van der Waals surface area contributed by atoms with Crippen LogP contribution in [-0.4, -0.2) is 11.0 Å². The molecule has 0 atom stereocenters. The van der Waals surface area contributed by atoms with Crippen LogP contribution in [0.2, 0.25) is 0 Å². The van der Waals surface area contributed by atoms with E-state index in [1.54, 1.807) is 11.3 Å². The molecule has 16 heavy (non-hydrogen) atoms. The first kappa shape index (κ1) is 12.1. The van der Waals surface area contributed by atoms with Crippen molar-refractivity contribution >= 4 is 11.3 Å². The lowest BCUT2D eigenvalue weighted by Crippen LogP contribution is -2.38. The summed E-state index contributed by atoms with van der Waals surface area (Å²) >= 11 is 1.78. The minimum atomic E-state index is 0.0231. The summed E-state index contributed by atoms with van der Waals surface area (Å²) in [5, 5.41) is 7.07. The Morgan fingerprint density at radius 1 is 1.25 bits per heavy atom. The maximum atomic E-state index is 4.79. The van der Waals surface area contributed by atoms with E-state index in [0.29, 0.717) is 0 Å². The highest BCUT2D eigenvalue weighted by molar-refractivity contribution is 7.09. The fourth-order valence-electron chi connectivity index (χ4n) is 1.71. The van der Waals surface area contributed by atoms with Crippen molar-refractivity contribution in [2.24, 2.45) is 0 Å². The van der Waals surface area contributed by atoms with Gasteiger partial charge in [0.2, 0.25) is 0 Å². The lowest BCUT2D eigenvalue weighted by Gasteiger charge is -2.24. The number of rotatable bonds is 3. The van der Waals surface area contributed by atoms with Gasteiger partial charge in [-0.15, -0.1) is 11.3 Å². The number of aromatic nitrogens is 1. The molecule has 2 nitrogen and oxygen atoms in total. The molecule has 1 heterocycles. The average Bonchev–Trinajstić information content (AvgIpc) is 2.79. The Balaban J connectivity index is 2.16. The van der Waals surface area contributed by atoms with Crippen LogP contribution in [0.3, 0.4) is 0 Å². The minimum Gasteiger partial charge on any atom is -0.303 e. The monoisotopic (exact) mass is 238 g/mol. The van der Waals surface area contributed by atoms with E-state index in [1.807, 2.05) is 0 Å². The summed E-state index contributed by atoms with van der Waals surface area (Å²) < 4.78 is 0. The van der Waals surface area contributed by atoms with E-state index in [0.717, 1.165) is 6.04 Å². The van der Waals surface area contributed by atoms with Crippen molar-refractivity contribution in [1.29, 1.82) is 0 Å². The molecule has 0 amide bonds. The standard InChI is InChI=1S/C13H22N2S/c1-12(2,3)10-8-16-11(14-10)13(4,5)15-9-6-7-9/h8-9,15H,6-7H2,1-5H3. The van der Waals surface area contributed by atoms with Gasteiger partial charge in [-0.25, -0.2) is 4.98 Å². The molecular formula is C13H22N2S. The first-order valence-electron chi connectivity index (χ1n) is 6.03. The van der Waals surface area contributed by atoms with Crippen LogP contribution in [0.25, 0.3) is 0 Å². The molecule has 1 N–H and O–H groups in total. The summed E-state index contributed by atoms with van der Waals surface area (Å²) in [6.07, 6.45) is 2.64. The van der Waals surface area contributed by atoms with Crippen LogP contribution in [-0.2, 0) is 11.0 Å². The molecule has 0 bridgehead atoms. The van der Waals surface area contributed by atoms with Gasteiger partial charge in [-0.05, 0) is 26.7 Å². The quantitative estimate of drug-likeness (QED) is 0.872. The van der Waals surface area contributed by atoms with Crippen LogP contribution in [0.4, 0.5) is 0 Å². The van der Waals surface area contributed by atoms with Gasteiger partial charge in [-0.3, -0.25) is 0 Å². The molecule has 2 rings (SSSR count). The molecule has 0 aliphatic heterocycles. The molecule has 3 heteroatoms. The molecule has 0 unspecified atom stereocenters. The summed E-state index contributed by atoms with van der Waals surface area (Å²) in [5.74, 6) is 0. The molecule has 0 aromatic carbocycles. The topological polar surface area (TPSA) is 24.9 Å². The van der Waals surface area contributed by atoms with E-state index in [-0.39, 0.29) is 11.0 Å². The Labute approximate surface area is 102 Å². The number of hydrogen-bond donors (Lipinski definition) is 1. The predicted molar refractivity (Wildman–Crippen MR) is 70.0 cm³/mol. The molecule has 1 aliphatic rings. The smallest absolute Gasteiger partial charge is 0.112 e. The van der Waals surface area contributed by atoms with Gasteiger partial charge in [0.15, 0.2) is 0 Å². The number of hydrogen-bond acceptors (Lipinski definition) is 3. The average molecular weight is 238 g/mol. The molecule has 90 valence electrons. The van der Waals surface area contributed by atoms with Crippen molar-refractivity contribution in [3.8, 4) is 0 Å². The summed E-state index contributed by atoms with van der Waals surface area (Å²) in [6.45, 7) is 11.1. The third-order valence-corrected chi connectivity index (χ3v) is 4.12. The van der Waals surface area contributed by atoms with Crippen molar-refractivity contribution in [1.82, 2.24) is 10.3 Å². The second-order valence-electron chi connectivity index (χ2n) is 6.33. The first-order chi connectivity index (χ1) is 7.29. The van der Waals surface area contributed by atoms with Crippen molar-refractivity contribution < 1.29 is 0 Å². The number of nitrogens with one attached hydrogen (secondary N) is 1. The molecule has 1 aliphatic carbocycles. The maximum Gasteiger partial charge on any atom is 0.112 e. The van der Waals surface area contributed by atoms with E-state index in [2.05, 4.69) is 45.3 Å². The van der Waals surface area contributed by atoms with Gasteiger partial charge >= 0.3 is 0 Å². The summed E-state index contributed by atoms with van der Waals surface area (Å²) in [7, 11) is 0.